The van der Waals surface area contributed by atoms with E-state index in [0.29, 0.717) is 28.4 Å². The molecule has 3 fully saturated rings. The second-order valence-corrected chi connectivity index (χ2v) is 12.5. The third kappa shape index (κ3) is 4.58. The Morgan fingerprint density at radius 3 is 2.68 bits per heavy atom. The molecule has 3 aliphatic heterocycles. The molecule has 8 rings (SSSR count). The third-order valence-electron chi connectivity index (χ3n) is 9.53. The van der Waals surface area contributed by atoms with Crippen LogP contribution in [0.3, 0.4) is 0 Å². The number of ether oxygens (including phenoxy) is 4. The van der Waals surface area contributed by atoms with Crippen molar-refractivity contribution in [2.24, 2.45) is 0 Å². The van der Waals surface area contributed by atoms with E-state index in [1.165, 1.54) is 7.11 Å². The van der Waals surface area contributed by atoms with Crippen LogP contribution in [0.25, 0.3) is 11.0 Å². The number of piperazine rings is 1. The molecule has 1 unspecified atom stereocenters. The molecule has 11 heteroatoms. The van der Waals surface area contributed by atoms with E-state index >= 15 is 0 Å². The highest BCUT2D eigenvalue weighted by atomic mass is 35.5. The molecule has 1 aliphatic carbocycles. The van der Waals surface area contributed by atoms with Crippen molar-refractivity contribution >= 4 is 34.3 Å². The van der Waals surface area contributed by atoms with Crippen LogP contribution < -0.4 is 14.4 Å². The lowest BCUT2D eigenvalue weighted by Crippen LogP contribution is -2.64. The fraction of sp³-hybridized carbons (Fsp3) is 0.424. The molecule has 44 heavy (non-hydrogen) atoms. The number of esters is 1. The summed E-state index contributed by atoms with van der Waals surface area (Å²) in [4.78, 5) is 26.9. The van der Waals surface area contributed by atoms with Gasteiger partial charge in [-0.2, -0.15) is 0 Å². The van der Waals surface area contributed by atoms with Crippen LogP contribution in [-0.2, 0) is 28.4 Å². The Labute approximate surface area is 260 Å². The van der Waals surface area contributed by atoms with Crippen molar-refractivity contribution in [3.63, 3.8) is 0 Å². The molecular formula is C33H34ClN5O5. The van der Waals surface area contributed by atoms with Gasteiger partial charge in [0.25, 0.3) is 5.79 Å². The minimum Gasteiger partial charge on any atom is -0.465 e. The Hall–Kier alpha value is -3.86. The molecule has 0 radical (unpaired) electrons. The Bertz CT molecular complexity index is 1740. The molecule has 2 aromatic heterocycles. The fourth-order valence-corrected chi connectivity index (χ4v) is 7.07. The summed E-state index contributed by atoms with van der Waals surface area (Å²) in [7, 11) is 1.41. The van der Waals surface area contributed by atoms with Crippen LogP contribution in [0.2, 0.25) is 5.02 Å². The number of carbonyl (C=O) groups is 1. The zero-order chi connectivity index (χ0) is 30.0. The summed E-state index contributed by atoms with van der Waals surface area (Å²) in [5, 5.41) is 0.570. The number of halogens is 1. The summed E-state index contributed by atoms with van der Waals surface area (Å²) < 4.78 is 25.9. The maximum Gasteiger partial charge on any atom is 0.337 e. The first kappa shape index (κ1) is 27.7. The highest BCUT2D eigenvalue weighted by Crippen LogP contribution is 2.51. The van der Waals surface area contributed by atoms with Gasteiger partial charge in [-0.1, -0.05) is 17.7 Å². The van der Waals surface area contributed by atoms with Crippen molar-refractivity contribution in [2.75, 3.05) is 31.7 Å². The summed E-state index contributed by atoms with van der Waals surface area (Å²) in [6, 6.07) is 16.1. The summed E-state index contributed by atoms with van der Waals surface area (Å²) in [5.41, 5.74) is 4.08. The first-order chi connectivity index (χ1) is 21.4. The van der Waals surface area contributed by atoms with Crippen LogP contribution in [0.1, 0.15) is 48.1 Å². The number of carbonyl (C=O) groups excluding carboxylic acids is 1. The van der Waals surface area contributed by atoms with Crippen LogP contribution in [-0.4, -0.2) is 70.4 Å². The van der Waals surface area contributed by atoms with E-state index in [1.807, 2.05) is 37.3 Å². The molecule has 0 amide bonds. The van der Waals surface area contributed by atoms with Gasteiger partial charge in [-0.15, -0.1) is 0 Å². The zero-order valence-electron chi connectivity index (χ0n) is 24.7. The second kappa shape index (κ2) is 10.6. The molecule has 2 aromatic carbocycles. The van der Waals surface area contributed by atoms with Crippen molar-refractivity contribution in [1.82, 2.24) is 19.4 Å². The molecule has 2 saturated heterocycles. The monoisotopic (exact) mass is 615 g/mol. The molecule has 228 valence electrons. The molecular weight excluding hydrogens is 582 g/mol. The molecule has 10 nitrogen and oxygen atoms in total. The number of aromatic nitrogens is 3. The Morgan fingerprint density at radius 2 is 1.95 bits per heavy atom. The Morgan fingerprint density at radius 1 is 1.09 bits per heavy atom. The van der Waals surface area contributed by atoms with Gasteiger partial charge >= 0.3 is 5.97 Å². The third-order valence-corrected chi connectivity index (χ3v) is 9.76. The normalized spacial score (nSPS) is 25.8. The van der Waals surface area contributed by atoms with Gasteiger partial charge in [-0.3, -0.25) is 9.88 Å². The van der Waals surface area contributed by atoms with Crippen LogP contribution in [0.5, 0.6) is 11.5 Å². The van der Waals surface area contributed by atoms with Crippen LogP contribution >= 0.6 is 11.6 Å². The zero-order valence-corrected chi connectivity index (χ0v) is 25.5. The first-order valence-corrected chi connectivity index (χ1v) is 15.6. The van der Waals surface area contributed by atoms with Crippen LogP contribution in [0.15, 0.2) is 54.7 Å². The predicted molar refractivity (Wildman–Crippen MR) is 164 cm³/mol. The molecule has 0 N–H and O–H groups in total. The van der Waals surface area contributed by atoms with Crippen LogP contribution in [0.4, 0.5) is 5.69 Å². The summed E-state index contributed by atoms with van der Waals surface area (Å²) in [6.45, 7) is 5.88. The van der Waals surface area contributed by atoms with Gasteiger partial charge in [0.1, 0.15) is 11.5 Å². The number of imidazole rings is 1. The first-order valence-electron chi connectivity index (χ1n) is 15.2. The minimum absolute atomic E-state index is 0.164. The van der Waals surface area contributed by atoms with Gasteiger partial charge in [0, 0.05) is 44.9 Å². The molecule has 4 aromatic rings. The summed E-state index contributed by atoms with van der Waals surface area (Å²) in [5.74, 6) is 1.11. The highest BCUT2D eigenvalue weighted by Gasteiger charge is 2.47. The van der Waals surface area contributed by atoms with E-state index in [1.54, 1.807) is 18.3 Å². The standard InChI is InChI=1S/C33H34ClN5O5/c1-33(29-11-7-21(34)17-35-29)43-28-5-3-4-26(31(28)44-33)38-14-13-37(24-9-10-25(24)38)19-30-36-23-8-6-20(32(40)41-2)16-27(23)39(30)18-22-12-15-42-22/h3-8,11,16-17,22,24-25H,9-10,12-15,18-19H2,1-2H3/t22-,24+,25-,33?/m0/s1. The summed E-state index contributed by atoms with van der Waals surface area (Å²) in [6.07, 6.45) is 5.04. The van der Waals surface area contributed by atoms with E-state index in [0.717, 1.165) is 86.1 Å². The number of rotatable bonds is 7. The largest absolute Gasteiger partial charge is 0.465 e. The fourth-order valence-electron chi connectivity index (χ4n) is 6.96. The number of methoxy groups -OCH3 is 1. The molecule has 0 bridgehead atoms. The number of hydrogen-bond donors (Lipinski definition) is 0. The average Bonchev–Trinajstić information content (AvgIpc) is 3.52. The van der Waals surface area contributed by atoms with Gasteiger partial charge in [-0.25, -0.2) is 9.78 Å². The Balaban J connectivity index is 1.04. The molecule has 4 atom stereocenters. The average molecular weight is 616 g/mol. The van der Waals surface area contributed by atoms with Gasteiger partial charge in [0.15, 0.2) is 11.5 Å². The number of pyridine rings is 1. The van der Waals surface area contributed by atoms with E-state index in [-0.39, 0.29) is 12.1 Å². The van der Waals surface area contributed by atoms with Crippen molar-refractivity contribution in [3.8, 4) is 11.5 Å². The van der Waals surface area contributed by atoms with E-state index < -0.39 is 5.79 Å². The lowest BCUT2D eigenvalue weighted by molar-refractivity contribution is -0.0717. The molecule has 4 aliphatic rings. The number of benzene rings is 2. The quantitative estimate of drug-likeness (QED) is 0.262. The maximum absolute atomic E-state index is 12.3. The van der Waals surface area contributed by atoms with E-state index in [2.05, 4.69) is 25.4 Å². The van der Waals surface area contributed by atoms with E-state index in [9.17, 15) is 4.79 Å². The van der Waals surface area contributed by atoms with Crippen molar-refractivity contribution in [2.45, 2.75) is 63.3 Å². The Kier molecular flexibility index (Phi) is 6.69. The van der Waals surface area contributed by atoms with Gasteiger partial charge in [-0.05, 0) is 61.7 Å². The van der Waals surface area contributed by atoms with Gasteiger partial charge in [0.2, 0.25) is 0 Å². The number of fused-ring (bicyclic) bond motifs is 3. The predicted octanol–water partition coefficient (Wildman–Crippen LogP) is 5.16. The lowest BCUT2D eigenvalue weighted by Gasteiger charge is -2.54. The highest BCUT2D eigenvalue weighted by molar-refractivity contribution is 6.30. The smallest absolute Gasteiger partial charge is 0.337 e. The number of hydrogen-bond acceptors (Lipinski definition) is 9. The van der Waals surface area contributed by atoms with Crippen molar-refractivity contribution < 1.29 is 23.7 Å². The summed E-state index contributed by atoms with van der Waals surface area (Å²) >= 11 is 6.08. The SMILES string of the molecule is COC(=O)c1ccc2nc(CN3CCN(c4cccc5c4OC(C)(c4ccc(Cl)cn4)O5)[C@H]4CC[C@H]43)n(C[C@@H]3CCO3)c2c1. The van der Waals surface area contributed by atoms with E-state index in [4.69, 9.17) is 35.5 Å². The second-order valence-electron chi connectivity index (χ2n) is 12.1. The molecule has 0 spiro atoms. The van der Waals surface area contributed by atoms with Crippen molar-refractivity contribution in [1.29, 1.82) is 0 Å². The number of nitrogens with zero attached hydrogens (tertiary/aromatic N) is 5. The molecule has 1 saturated carbocycles. The van der Waals surface area contributed by atoms with Gasteiger partial charge < -0.3 is 28.4 Å². The number of para-hydroxylation sites is 1. The minimum atomic E-state index is -1.03. The molecule has 5 heterocycles. The maximum atomic E-state index is 12.3. The topological polar surface area (TPSA) is 91.2 Å². The van der Waals surface area contributed by atoms with Crippen LogP contribution in [0, 0.1) is 0 Å². The van der Waals surface area contributed by atoms with Crippen molar-refractivity contribution in [3.05, 3.63) is 76.8 Å². The lowest BCUT2D eigenvalue weighted by atomic mass is 9.81. The number of anilines is 1. The van der Waals surface area contributed by atoms with Gasteiger partial charge in [0.05, 0.1) is 53.6 Å².